The van der Waals surface area contributed by atoms with Gasteiger partial charge < -0.3 is 4.42 Å². The Morgan fingerprint density at radius 1 is 0.964 bits per heavy atom. The van der Waals surface area contributed by atoms with Crippen molar-refractivity contribution in [3.63, 3.8) is 0 Å². The van der Waals surface area contributed by atoms with Gasteiger partial charge in [0, 0.05) is 10.6 Å². The maximum atomic E-state index is 12.9. The third kappa shape index (κ3) is 2.23. The summed E-state index contributed by atoms with van der Waals surface area (Å²) in [5, 5.41) is 5.93. The second kappa shape index (κ2) is 5.67. The monoisotopic (exact) mass is 392 g/mol. The molecule has 1 aromatic heterocycles. The lowest BCUT2D eigenvalue weighted by atomic mass is 9.63. The number of imide groups is 1. The minimum Gasteiger partial charge on any atom is -0.455 e. The van der Waals surface area contributed by atoms with Crippen LogP contribution in [0.3, 0.4) is 0 Å². The summed E-state index contributed by atoms with van der Waals surface area (Å²) in [5.41, 5.74) is 0.894. The average Bonchev–Trinajstić information content (AvgIpc) is 3.34. The predicted molar refractivity (Wildman–Crippen MR) is 103 cm³/mol. The van der Waals surface area contributed by atoms with Crippen LogP contribution in [0.4, 0.5) is 0 Å². The highest BCUT2D eigenvalue weighted by Crippen LogP contribution is 2.65. The summed E-state index contributed by atoms with van der Waals surface area (Å²) >= 11 is 5.92. The average molecular weight is 393 g/mol. The Morgan fingerprint density at radius 2 is 1.61 bits per heavy atom. The molecular formula is C22H17ClN2O3. The normalized spacial score (nSPS) is 35.0. The van der Waals surface area contributed by atoms with Crippen LogP contribution in [0.2, 0.25) is 5.02 Å². The van der Waals surface area contributed by atoms with Crippen LogP contribution in [0.25, 0.3) is 11.3 Å². The van der Waals surface area contributed by atoms with Crippen molar-refractivity contribution in [3.8, 4) is 11.3 Å². The van der Waals surface area contributed by atoms with Gasteiger partial charge in [0.15, 0.2) is 0 Å². The number of hydrogen-bond acceptors (Lipinski definition) is 4. The molecule has 28 heavy (non-hydrogen) atoms. The number of allylic oxidation sites excluding steroid dienone is 2. The highest BCUT2D eigenvalue weighted by atomic mass is 35.5. The van der Waals surface area contributed by atoms with Crippen LogP contribution in [-0.4, -0.2) is 23.0 Å². The van der Waals surface area contributed by atoms with Gasteiger partial charge >= 0.3 is 0 Å². The van der Waals surface area contributed by atoms with E-state index < -0.39 is 0 Å². The van der Waals surface area contributed by atoms with Crippen molar-refractivity contribution in [1.29, 1.82) is 0 Å². The molecule has 5 nitrogen and oxygen atoms in total. The number of amides is 2. The molecule has 0 spiro atoms. The third-order valence-electron chi connectivity index (χ3n) is 6.70. The van der Waals surface area contributed by atoms with Crippen LogP contribution in [0.1, 0.15) is 12.2 Å². The van der Waals surface area contributed by atoms with Gasteiger partial charge in [-0.05, 0) is 66.5 Å². The van der Waals surface area contributed by atoms with Crippen molar-refractivity contribution in [3.05, 3.63) is 59.3 Å². The summed E-state index contributed by atoms with van der Waals surface area (Å²) in [6.07, 6.45) is 6.91. The van der Waals surface area contributed by atoms with Crippen molar-refractivity contribution in [1.82, 2.24) is 5.01 Å². The van der Waals surface area contributed by atoms with Crippen molar-refractivity contribution in [2.45, 2.75) is 6.42 Å². The van der Waals surface area contributed by atoms with Crippen molar-refractivity contribution in [2.75, 3.05) is 0 Å². The highest BCUT2D eigenvalue weighted by Gasteiger charge is 2.67. The number of nitrogens with zero attached hydrogens (tertiary/aromatic N) is 2. The number of hydrogen-bond donors (Lipinski definition) is 0. The lowest BCUT2D eigenvalue weighted by molar-refractivity contribution is -0.140. The Bertz CT molecular complexity index is 1020. The molecule has 6 atom stereocenters. The Morgan fingerprint density at radius 3 is 2.25 bits per heavy atom. The van der Waals surface area contributed by atoms with E-state index in [1.54, 1.807) is 18.2 Å². The predicted octanol–water partition coefficient (Wildman–Crippen LogP) is 3.99. The molecule has 1 aliphatic heterocycles. The molecule has 2 bridgehead atoms. The number of furan rings is 1. The fourth-order valence-electron chi connectivity index (χ4n) is 5.36. The van der Waals surface area contributed by atoms with Crippen molar-refractivity contribution in [2.24, 2.45) is 40.6 Å². The van der Waals surface area contributed by atoms with Gasteiger partial charge in [-0.2, -0.15) is 10.1 Å². The zero-order chi connectivity index (χ0) is 19.0. The minimum atomic E-state index is -0.232. The van der Waals surface area contributed by atoms with Crippen LogP contribution in [0.5, 0.6) is 0 Å². The summed E-state index contributed by atoms with van der Waals surface area (Å²) in [5.74, 6) is 1.95. The molecule has 2 saturated carbocycles. The fourth-order valence-corrected chi connectivity index (χ4v) is 5.49. The zero-order valence-electron chi connectivity index (χ0n) is 14.9. The van der Waals surface area contributed by atoms with E-state index in [2.05, 4.69) is 17.3 Å². The first-order valence-corrected chi connectivity index (χ1v) is 9.95. The van der Waals surface area contributed by atoms with Gasteiger partial charge in [-0.15, -0.1) is 0 Å². The molecule has 2 amide bonds. The smallest absolute Gasteiger partial charge is 0.254 e. The van der Waals surface area contributed by atoms with E-state index in [4.69, 9.17) is 16.0 Å². The second-order valence-electron chi connectivity index (χ2n) is 8.10. The molecule has 6 heteroatoms. The number of benzene rings is 1. The van der Waals surface area contributed by atoms with E-state index in [-0.39, 0.29) is 35.5 Å². The summed E-state index contributed by atoms with van der Waals surface area (Å²) in [4.78, 5) is 25.8. The molecule has 0 N–H and O–H groups in total. The van der Waals surface area contributed by atoms with E-state index in [1.165, 1.54) is 6.21 Å². The molecule has 2 aromatic rings. The summed E-state index contributed by atoms with van der Waals surface area (Å²) in [6.45, 7) is 0. The highest BCUT2D eigenvalue weighted by molar-refractivity contribution is 6.30. The molecule has 0 unspecified atom stereocenters. The van der Waals surface area contributed by atoms with Crippen LogP contribution in [0.15, 0.2) is 58.1 Å². The van der Waals surface area contributed by atoms with Gasteiger partial charge in [-0.1, -0.05) is 23.8 Å². The molecule has 3 fully saturated rings. The van der Waals surface area contributed by atoms with Crippen LogP contribution in [-0.2, 0) is 9.59 Å². The van der Waals surface area contributed by atoms with Gasteiger partial charge in [0.2, 0.25) is 0 Å². The van der Waals surface area contributed by atoms with Crippen LogP contribution >= 0.6 is 11.6 Å². The van der Waals surface area contributed by atoms with Gasteiger partial charge in [0.05, 0.1) is 18.1 Å². The first-order valence-electron chi connectivity index (χ1n) is 9.58. The summed E-state index contributed by atoms with van der Waals surface area (Å²) in [6, 6.07) is 10.9. The summed E-state index contributed by atoms with van der Waals surface area (Å²) < 4.78 is 5.78. The second-order valence-corrected chi connectivity index (χ2v) is 8.53. The lowest BCUT2D eigenvalue weighted by Gasteiger charge is -2.37. The van der Waals surface area contributed by atoms with Crippen molar-refractivity contribution < 1.29 is 14.0 Å². The molecular weight excluding hydrogens is 376 g/mol. The largest absolute Gasteiger partial charge is 0.455 e. The van der Waals surface area contributed by atoms with E-state index in [0.29, 0.717) is 28.4 Å². The molecule has 140 valence electrons. The van der Waals surface area contributed by atoms with E-state index in [1.807, 2.05) is 18.2 Å². The standard InChI is InChI=1S/C22H17ClN2O3/c23-12-3-1-11(2-4-12)18-8-5-13(28-18)10-24-25-21(26)19-14-6-7-15(17-9-16(14)17)20(19)22(25)27/h1-8,10,14-17,19-20H,9H2/b24-10-/t14-,15-,16-,17+,19+,20-/m1/s1. The van der Waals surface area contributed by atoms with Gasteiger partial charge in [0.1, 0.15) is 11.5 Å². The molecule has 7 rings (SSSR count). The van der Waals surface area contributed by atoms with E-state index in [9.17, 15) is 9.59 Å². The van der Waals surface area contributed by atoms with Crippen molar-refractivity contribution >= 4 is 29.6 Å². The summed E-state index contributed by atoms with van der Waals surface area (Å²) in [7, 11) is 0. The molecule has 5 aliphatic rings. The molecule has 0 radical (unpaired) electrons. The number of carbonyl (C=O) groups is 2. The number of halogens is 1. The minimum absolute atomic E-state index is 0.166. The Balaban J connectivity index is 1.24. The van der Waals surface area contributed by atoms with Gasteiger partial charge in [-0.3, -0.25) is 9.59 Å². The SMILES string of the molecule is O=C1[C@@H]2[C@@H]3C=C[C@H]([C@H]4C[C@@H]34)[C@@H]2C(=O)N1/N=C\c1ccc(-c2ccc(Cl)cc2)o1. The van der Waals surface area contributed by atoms with E-state index in [0.717, 1.165) is 17.0 Å². The first kappa shape index (κ1) is 16.3. The molecule has 4 aliphatic carbocycles. The Hall–Kier alpha value is -2.66. The van der Waals surface area contributed by atoms with Gasteiger partial charge in [0.25, 0.3) is 11.8 Å². The number of hydrazone groups is 1. The van der Waals surface area contributed by atoms with Crippen LogP contribution in [0, 0.1) is 35.5 Å². The maximum absolute atomic E-state index is 12.9. The zero-order valence-corrected chi connectivity index (χ0v) is 15.6. The molecule has 1 saturated heterocycles. The van der Waals surface area contributed by atoms with Crippen LogP contribution < -0.4 is 0 Å². The molecule has 1 aromatic carbocycles. The maximum Gasteiger partial charge on any atom is 0.254 e. The lowest BCUT2D eigenvalue weighted by Crippen LogP contribution is -2.40. The molecule has 2 heterocycles. The third-order valence-corrected chi connectivity index (χ3v) is 6.95. The van der Waals surface area contributed by atoms with Gasteiger partial charge in [-0.25, -0.2) is 0 Å². The Kier molecular flexibility index (Phi) is 3.30. The first-order chi connectivity index (χ1) is 13.6. The fraction of sp³-hybridized carbons (Fsp3) is 0.318. The van der Waals surface area contributed by atoms with E-state index >= 15 is 0 Å². The topological polar surface area (TPSA) is 62.9 Å². The number of carbonyl (C=O) groups excluding carboxylic acids is 2. The quantitative estimate of drug-likeness (QED) is 0.451. The number of rotatable bonds is 3. The Labute approximate surface area is 166 Å².